The van der Waals surface area contributed by atoms with Crippen molar-refractivity contribution in [2.24, 2.45) is 4.99 Å². The van der Waals surface area contributed by atoms with Crippen LogP contribution in [0.4, 0.5) is 0 Å². The normalized spacial score (nSPS) is 27.4. The van der Waals surface area contributed by atoms with Gasteiger partial charge in [-0.2, -0.15) is 0 Å². The molecule has 1 aromatic rings. The first-order valence-corrected chi connectivity index (χ1v) is 8.52. The highest BCUT2D eigenvalue weighted by molar-refractivity contribution is 5.80. The van der Waals surface area contributed by atoms with Crippen LogP contribution in [0.1, 0.15) is 45.1 Å². The molecular weight excluding hydrogens is 306 g/mol. The van der Waals surface area contributed by atoms with Crippen molar-refractivity contribution in [1.29, 1.82) is 0 Å². The molecule has 1 heterocycles. The van der Waals surface area contributed by atoms with E-state index in [-0.39, 0.29) is 5.60 Å². The lowest BCUT2D eigenvalue weighted by atomic mass is 9.80. The molecule has 0 bridgehead atoms. The lowest BCUT2D eigenvalue weighted by molar-refractivity contribution is -0.154. The molecule has 5 heteroatoms. The topological polar surface area (TPSA) is 60.3 Å². The number of methoxy groups -OCH3 is 2. The third kappa shape index (κ3) is 4.71. The van der Waals surface area contributed by atoms with E-state index >= 15 is 0 Å². The summed E-state index contributed by atoms with van der Waals surface area (Å²) < 4.78 is 16.3. The summed E-state index contributed by atoms with van der Waals surface area (Å²) in [7, 11) is 3.23. The van der Waals surface area contributed by atoms with Crippen LogP contribution < -0.4 is 9.47 Å². The fraction of sp³-hybridized carbons (Fsp3) is 0.632. The second-order valence-corrected chi connectivity index (χ2v) is 6.70. The largest absolute Gasteiger partial charge is 0.493 e. The molecule has 0 unspecified atom stereocenters. The van der Waals surface area contributed by atoms with Crippen LogP contribution in [0.2, 0.25) is 0 Å². The van der Waals surface area contributed by atoms with Crippen molar-refractivity contribution < 1.29 is 19.3 Å². The molecule has 0 aromatic heterocycles. The lowest BCUT2D eigenvalue weighted by Gasteiger charge is -2.43. The van der Waals surface area contributed by atoms with Crippen molar-refractivity contribution in [3.05, 3.63) is 23.8 Å². The summed E-state index contributed by atoms with van der Waals surface area (Å²) in [6, 6.07) is 5.68. The van der Waals surface area contributed by atoms with Gasteiger partial charge in [0.05, 0.1) is 32.0 Å². The second kappa shape index (κ2) is 7.99. The lowest BCUT2D eigenvalue weighted by Crippen LogP contribution is -2.47. The summed E-state index contributed by atoms with van der Waals surface area (Å²) in [4.78, 5) is 4.46. The quantitative estimate of drug-likeness (QED) is 0.777. The molecule has 1 aromatic carbocycles. The van der Waals surface area contributed by atoms with Gasteiger partial charge in [-0.25, -0.2) is 0 Å². The first-order valence-electron chi connectivity index (χ1n) is 8.52. The van der Waals surface area contributed by atoms with E-state index in [9.17, 15) is 5.11 Å². The summed E-state index contributed by atoms with van der Waals surface area (Å²) in [6.07, 6.45) is 4.71. The Bertz CT molecular complexity index is 574. The summed E-state index contributed by atoms with van der Waals surface area (Å²) in [5.41, 5.74) is 0.0443. The summed E-state index contributed by atoms with van der Waals surface area (Å²) in [6.45, 7) is 5.37. The summed E-state index contributed by atoms with van der Waals surface area (Å²) >= 11 is 0. The van der Waals surface area contributed by atoms with Gasteiger partial charge >= 0.3 is 0 Å². The molecule has 1 N–H and O–H groups in total. The number of rotatable bonds is 7. The maximum atomic E-state index is 10.8. The zero-order valence-corrected chi connectivity index (χ0v) is 15.2. The average molecular weight is 335 g/mol. The van der Waals surface area contributed by atoms with Gasteiger partial charge in [0.25, 0.3) is 0 Å². The zero-order valence-electron chi connectivity index (χ0n) is 15.2. The van der Waals surface area contributed by atoms with Gasteiger partial charge in [0.15, 0.2) is 11.5 Å². The summed E-state index contributed by atoms with van der Waals surface area (Å²) in [5, 5.41) is 10.8. The number of benzene rings is 1. The Morgan fingerprint density at radius 1 is 1.29 bits per heavy atom. The van der Waals surface area contributed by atoms with Gasteiger partial charge in [-0.05, 0) is 49.9 Å². The predicted octanol–water partition coefficient (Wildman–Crippen LogP) is 3.22. The standard InChI is InChI=1S/C19H29NO4/c1-5-18(2)14-19(21,9-11-24-18)8-10-20-13-15-6-7-16(22-3)17(12-15)23-4/h6-7,12-13,21H,5,8-11,14H2,1-4H3/t18-,19-/m0/s1. The van der Waals surface area contributed by atoms with Crippen LogP contribution in [0, 0.1) is 0 Å². The van der Waals surface area contributed by atoms with E-state index in [1.807, 2.05) is 24.4 Å². The van der Waals surface area contributed by atoms with E-state index in [0.29, 0.717) is 43.9 Å². The highest BCUT2D eigenvalue weighted by Crippen LogP contribution is 2.36. The monoisotopic (exact) mass is 335 g/mol. The zero-order chi connectivity index (χ0) is 17.6. The molecule has 0 radical (unpaired) electrons. The third-order valence-corrected chi connectivity index (χ3v) is 4.82. The molecule has 2 rings (SSSR count). The molecule has 134 valence electrons. The molecule has 5 nitrogen and oxygen atoms in total. The molecule has 1 fully saturated rings. The molecule has 0 amide bonds. The Labute approximate surface area is 144 Å². The van der Waals surface area contributed by atoms with Gasteiger partial charge < -0.3 is 19.3 Å². The van der Waals surface area contributed by atoms with Crippen LogP contribution in [-0.4, -0.2) is 49.9 Å². The minimum atomic E-state index is -0.683. The molecule has 2 atom stereocenters. The molecule has 0 saturated carbocycles. The Morgan fingerprint density at radius 2 is 2.04 bits per heavy atom. The highest BCUT2D eigenvalue weighted by atomic mass is 16.5. The van der Waals surface area contributed by atoms with Crippen LogP contribution >= 0.6 is 0 Å². The minimum Gasteiger partial charge on any atom is -0.493 e. The fourth-order valence-electron chi connectivity index (χ4n) is 3.14. The van der Waals surface area contributed by atoms with E-state index in [2.05, 4.69) is 18.8 Å². The number of aliphatic imine (C=N–C) groups is 1. The van der Waals surface area contributed by atoms with E-state index in [1.165, 1.54) is 0 Å². The molecule has 1 saturated heterocycles. The number of ether oxygens (including phenoxy) is 3. The van der Waals surface area contributed by atoms with Crippen molar-refractivity contribution in [2.45, 2.75) is 50.7 Å². The average Bonchev–Trinajstić information content (AvgIpc) is 2.58. The fourth-order valence-corrected chi connectivity index (χ4v) is 3.14. The van der Waals surface area contributed by atoms with Crippen LogP contribution in [0.15, 0.2) is 23.2 Å². The van der Waals surface area contributed by atoms with Gasteiger partial charge in [-0.15, -0.1) is 0 Å². The maximum Gasteiger partial charge on any atom is 0.161 e. The molecule has 0 spiro atoms. The number of hydrogen-bond donors (Lipinski definition) is 1. The maximum absolute atomic E-state index is 10.8. The van der Waals surface area contributed by atoms with Crippen molar-refractivity contribution in [1.82, 2.24) is 0 Å². The molecule has 1 aliphatic heterocycles. The molecular formula is C19H29NO4. The Morgan fingerprint density at radius 3 is 2.71 bits per heavy atom. The highest BCUT2D eigenvalue weighted by Gasteiger charge is 2.40. The van der Waals surface area contributed by atoms with Crippen LogP contribution in [-0.2, 0) is 4.74 Å². The Balaban J connectivity index is 1.92. The Hall–Kier alpha value is -1.59. The van der Waals surface area contributed by atoms with Crippen LogP contribution in [0.3, 0.4) is 0 Å². The second-order valence-electron chi connectivity index (χ2n) is 6.70. The minimum absolute atomic E-state index is 0.222. The third-order valence-electron chi connectivity index (χ3n) is 4.82. The van der Waals surface area contributed by atoms with E-state index in [0.717, 1.165) is 12.0 Å². The SMILES string of the molecule is CC[C@@]1(C)C[C@](O)(CCN=Cc2ccc(OC)c(OC)c2)CCO1. The van der Waals surface area contributed by atoms with Gasteiger partial charge in [-0.3, -0.25) is 4.99 Å². The van der Waals surface area contributed by atoms with Crippen molar-refractivity contribution >= 4 is 6.21 Å². The smallest absolute Gasteiger partial charge is 0.161 e. The van der Waals surface area contributed by atoms with Crippen molar-refractivity contribution in [3.8, 4) is 11.5 Å². The van der Waals surface area contributed by atoms with Gasteiger partial charge in [-0.1, -0.05) is 6.92 Å². The number of hydrogen-bond acceptors (Lipinski definition) is 5. The first kappa shape index (κ1) is 18.7. The molecule has 24 heavy (non-hydrogen) atoms. The van der Waals surface area contributed by atoms with E-state index < -0.39 is 5.60 Å². The van der Waals surface area contributed by atoms with Crippen LogP contribution in [0.25, 0.3) is 0 Å². The predicted molar refractivity (Wildman–Crippen MR) is 95.5 cm³/mol. The summed E-state index contributed by atoms with van der Waals surface area (Å²) in [5.74, 6) is 1.38. The van der Waals surface area contributed by atoms with Gasteiger partial charge in [0.1, 0.15) is 0 Å². The molecule has 0 aliphatic carbocycles. The number of aliphatic hydroxyl groups is 1. The van der Waals surface area contributed by atoms with E-state index in [1.54, 1.807) is 14.2 Å². The van der Waals surface area contributed by atoms with Crippen LogP contribution in [0.5, 0.6) is 11.5 Å². The van der Waals surface area contributed by atoms with Crippen molar-refractivity contribution in [3.63, 3.8) is 0 Å². The Kier molecular flexibility index (Phi) is 6.24. The van der Waals surface area contributed by atoms with Gasteiger partial charge in [0, 0.05) is 19.2 Å². The van der Waals surface area contributed by atoms with Gasteiger partial charge in [0.2, 0.25) is 0 Å². The number of nitrogens with zero attached hydrogens (tertiary/aromatic N) is 1. The first-order chi connectivity index (χ1) is 11.4. The van der Waals surface area contributed by atoms with Crippen molar-refractivity contribution in [2.75, 3.05) is 27.4 Å². The van der Waals surface area contributed by atoms with E-state index in [4.69, 9.17) is 14.2 Å². The molecule has 1 aliphatic rings.